The van der Waals surface area contributed by atoms with Crippen LogP contribution >= 0.6 is 0 Å². The number of likely N-dealkylation sites (tertiary alicyclic amines) is 1. The van der Waals surface area contributed by atoms with E-state index >= 15 is 0 Å². The van der Waals surface area contributed by atoms with Gasteiger partial charge in [-0.3, -0.25) is 4.79 Å². The van der Waals surface area contributed by atoms with Crippen molar-refractivity contribution in [1.29, 1.82) is 0 Å². The molecule has 1 aromatic rings. The lowest BCUT2D eigenvalue weighted by molar-refractivity contribution is -0.0191. The SMILES string of the molecule is C#Cc1cccc(C(=O)N2CC(OC)C2)c1. The molecule has 0 unspecified atom stereocenters. The molecule has 1 saturated heterocycles. The fourth-order valence-corrected chi connectivity index (χ4v) is 1.68. The number of nitrogens with zero attached hydrogens (tertiary/aromatic N) is 1. The molecule has 1 heterocycles. The van der Waals surface area contributed by atoms with Gasteiger partial charge in [0.15, 0.2) is 0 Å². The monoisotopic (exact) mass is 215 g/mol. The van der Waals surface area contributed by atoms with Crippen molar-refractivity contribution in [2.75, 3.05) is 20.2 Å². The van der Waals surface area contributed by atoms with Crippen molar-refractivity contribution in [3.05, 3.63) is 35.4 Å². The van der Waals surface area contributed by atoms with Crippen molar-refractivity contribution in [3.63, 3.8) is 0 Å². The highest BCUT2D eigenvalue weighted by Crippen LogP contribution is 2.15. The van der Waals surface area contributed by atoms with Gasteiger partial charge in [0.1, 0.15) is 0 Å². The summed E-state index contributed by atoms with van der Waals surface area (Å²) in [6.45, 7) is 1.32. The second kappa shape index (κ2) is 4.38. The molecule has 1 aromatic carbocycles. The van der Waals surface area contributed by atoms with E-state index in [0.717, 1.165) is 5.56 Å². The van der Waals surface area contributed by atoms with Crippen LogP contribution in [0.2, 0.25) is 0 Å². The average molecular weight is 215 g/mol. The van der Waals surface area contributed by atoms with Crippen LogP contribution in [0.3, 0.4) is 0 Å². The summed E-state index contributed by atoms with van der Waals surface area (Å²) in [4.78, 5) is 13.7. The summed E-state index contributed by atoms with van der Waals surface area (Å²) in [6, 6.07) is 7.13. The van der Waals surface area contributed by atoms with Gasteiger partial charge >= 0.3 is 0 Å². The number of hydrogen-bond acceptors (Lipinski definition) is 2. The number of rotatable bonds is 2. The fourth-order valence-electron chi connectivity index (χ4n) is 1.68. The van der Waals surface area contributed by atoms with Gasteiger partial charge in [0, 0.05) is 31.3 Å². The van der Waals surface area contributed by atoms with Crippen molar-refractivity contribution in [2.24, 2.45) is 0 Å². The van der Waals surface area contributed by atoms with Crippen LogP contribution in [-0.2, 0) is 4.74 Å². The first-order valence-electron chi connectivity index (χ1n) is 5.13. The zero-order chi connectivity index (χ0) is 11.5. The van der Waals surface area contributed by atoms with Crippen LogP contribution in [0.4, 0.5) is 0 Å². The second-order valence-corrected chi connectivity index (χ2v) is 3.79. The van der Waals surface area contributed by atoms with Gasteiger partial charge < -0.3 is 9.64 Å². The van der Waals surface area contributed by atoms with Gasteiger partial charge in [-0.05, 0) is 18.2 Å². The molecule has 1 amide bonds. The predicted molar refractivity (Wildman–Crippen MR) is 61.1 cm³/mol. The highest BCUT2D eigenvalue weighted by Gasteiger charge is 2.30. The van der Waals surface area contributed by atoms with Crippen LogP contribution in [0.15, 0.2) is 24.3 Å². The minimum absolute atomic E-state index is 0.0189. The Morgan fingerprint density at radius 3 is 2.94 bits per heavy atom. The summed E-state index contributed by atoms with van der Waals surface area (Å²) in [5.74, 6) is 2.54. The first kappa shape index (κ1) is 10.7. The van der Waals surface area contributed by atoms with Crippen molar-refractivity contribution in [3.8, 4) is 12.3 Å². The van der Waals surface area contributed by atoms with Gasteiger partial charge in [0.2, 0.25) is 0 Å². The molecule has 3 heteroatoms. The normalized spacial score (nSPS) is 15.4. The van der Waals surface area contributed by atoms with Crippen LogP contribution in [0.25, 0.3) is 0 Å². The van der Waals surface area contributed by atoms with Crippen LogP contribution in [0.5, 0.6) is 0 Å². The number of carbonyl (C=O) groups excluding carboxylic acids is 1. The molecule has 1 aliphatic rings. The number of benzene rings is 1. The fraction of sp³-hybridized carbons (Fsp3) is 0.308. The molecule has 0 bridgehead atoms. The molecule has 2 rings (SSSR count). The van der Waals surface area contributed by atoms with E-state index in [-0.39, 0.29) is 12.0 Å². The Hall–Kier alpha value is -1.79. The summed E-state index contributed by atoms with van der Waals surface area (Å²) in [5, 5.41) is 0. The Morgan fingerprint density at radius 2 is 2.31 bits per heavy atom. The zero-order valence-corrected chi connectivity index (χ0v) is 9.14. The molecule has 0 aliphatic carbocycles. The highest BCUT2D eigenvalue weighted by atomic mass is 16.5. The maximum atomic E-state index is 12.0. The van der Waals surface area contributed by atoms with Gasteiger partial charge in [-0.1, -0.05) is 12.0 Å². The maximum absolute atomic E-state index is 12.0. The summed E-state index contributed by atoms with van der Waals surface area (Å²) < 4.78 is 5.12. The van der Waals surface area contributed by atoms with Crippen molar-refractivity contribution >= 4 is 5.91 Å². The summed E-state index contributed by atoms with van der Waals surface area (Å²) in [6.07, 6.45) is 5.47. The van der Waals surface area contributed by atoms with Gasteiger partial charge in [0.05, 0.1) is 6.10 Å². The molecule has 1 aliphatic heterocycles. The van der Waals surface area contributed by atoms with Gasteiger partial charge in [-0.15, -0.1) is 6.42 Å². The molecular formula is C13H13NO2. The van der Waals surface area contributed by atoms with Gasteiger partial charge in [0.25, 0.3) is 5.91 Å². The molecule has 0 aromatic heterocycles. The van der Waals surface area contributed by atoms with E-state index in [1.807, 2.05) is 6.07 Å². The van der Waals surface area contributed by atoms with E-state index in [2.05, 4.69) is 5.92 Å². The summed E-state index contributed by atoms with van der Waals surface area (Å²) >= 11 is 0. The minimum Gasteiger partial charge on any atom is -0.378 e. The molecule has 0 N–H and O–H groups in total. The Kier molecular flexibility index (Phi) is 2.93. The molecule has 0 saturated carbocycles. The second-order valence-electron chi connectivity index (χ2n) is 3.79. The molecule has 82 valence electrons. The largest absolute Gasteiger partial charge is 0.378 e. The summed E-state index contributed by atoms with van der Waals surface area (Å²) in [7, 11) is 1.66. The number of ether oxygens (including phenoxy) is 1. The van der Waals surface area contributed by atoms with E-state index in [9.17, 15) is 4.79 Å². The van der Waals surface area contributed by atoms with E-state index in [0.29, 0.717) is 18.7 Å². The van der Waals surface area contributed by atoms with Gasteiger partial charge in [-0.2, -0.15) is 0 Å². The number of carbonyl (C=O) groups is 1. The summed E-state index contributed by atoms with van der Waals surface area (Å²) in [5.41, 5.74) is 1.37. The van der Waals surface area contributed by atoms with E-state index in [4.69, 9.17) is 11.2 Å². The predicted octanol–water partition coefficient (Wildman–Crippen LogP) is 1.14. The number of amides is 1. The lowest BCUT2D eigenvalue weighted by Crippen LogP contribution is -2.54. The van der Waals surface area contributed by atoms with Gasteiger partial charge in [-0.25, -0.2) is 0 Å². The Labute approximate surface area is 95.0 Å². The topological polar surface area (TPSA) is 29.5 Å². The third-order valence-corrected chi connectivity index (χ3v) is 2.74. The van der Waals surface area contributed by atoms with E-state index in [1.54, 1.807) is 30.2 Å². The molecule has 0 radical (unpaired) electrons. The maximum Gasteiger partial charge on any atom is 0.254 e. The van der Waals surface area contributed by atoms with Crippen molar-refractivity contribution in [2.45, 2.75) is 6.10 Å². The van der Waals surface area contributed by atoms with E-state index < -0.39 is 0 Å². The lowest BCUT2D eigenvalue weighted by atomic mass is 10.1. The standard InChI is InChI=1S/C13H13NO2/c1-3-10-5-4-6-11(7-10)13(15)14-8-12(9-14)16-2/h1,4-7,12H,8-9H2,2H3. The highest BCUT2D eigenvalue weighted by molar-refractivity contribution is 5.95. The third-order valence-electron chi connectivity index (χ3n) is 2.74. The lowest BCUT2D eigenvalue weighted by Gasteiger charge is -2.38. The average Bonchev–Trinajstić information content (AvgIpc) is 2.27. The molecule has 0 atom stereocenters. The third kappa shape index (κ3) is 1.93. The molecular weight excluding hydrogens is 202 g/mol. The quantitative estimate of drug-likeness (QED) is 0.692. The molecule has 1 fully saturated rings. The van der Waals surface area contributed by atoms with E-state index in [1.165, 1.54) is 0 Å². The van der Waals surface area contributed by atoms with Crippen LogP contribution < -0.4 is 0 Å². The number of terminal acetylenes is 1. The Balaban J connectivity index is 2.08. The minimum atomic E-state index is 0.0189. The Morgan fingerprint density at radius 1 is 1.56 bits per heavy atom. The van der Waals surface area contributed by atoms with Crippen molar-refractivity contribution < 1.29 is 9.53 Å². The molecule has 3 nitrogen and oxygen atoms in total. The first-order chi connectivity index (χ1) is 7.74. The number of hydrogen-bond donors (Lipinski definition) is 0. The smallest absolute Gasteiger partial charge is 0.254 e. The van der Waals surface area contributed by atoms with Crippen LogP contribution in [-0.4, -0.2) is 37.1 Å². The first-order valence-corrected chi connectivity index (χ1v) is 5.13. The molecule has 0 spiro atoms. The van der Waals surface area contributed by atoms with Crippen molar-refractivity contribution in [1.82, 2.24) is 4.90 Å². The number of methoxy groups -OCH3 is 1. The van der Waals surface area contributed by atoms with Crippen LogP contribution in [0, 0.1) is 12.3 Å². The Bertz CT molecular complexity index is 441. The van der Waals surface area contributed by atoms with Crippen LogP contribution in [0.1, 0.15) is 15.9 Å². The molecule has 16 heavy (non-hydrogen) atoms. The zero-order valence-electron chi connectivity index (χ0n) is 9.14.